The Balaban J connectivity index is 1.46. The van der Waals surface area contributed by atoms with Crippen molar-refractivity contribution >= 4 is 10.9 Å². The summed E-state index contributed by atoms with van der Waals surface area (Å²) < 4.78 is 2.05. The molecule has 0 spiro atoms. The molecular formula is C26H35N7O. The third-order valence-corrected chi connectivity index (χ3v) is 8.31. The van der Waals surface area contributed by atoms with E-state index in [9.17, 15) is 4.79 Å². The van der Waals surface area contributed by atoms with Crippen LogP contribution < -0.4 is 5.56 Å². The number of nitrogens with one attached hydrogen (secondary N) is 1. The van der Waals surface area contributed by atoms with Gasteiger partial charge in [0.05, 0.1) is 6.04 Å². The van der Waals surface area contributed by atoms with Crippen LogP contribution in [0.15, 0.2) is 29.1 Å². The Bertz CT molecular complexity index is 1210. The quantitative estimate of drug-likeness (QED) is 0.627. The summed E-state index contributed by atoms with van der Waals surface area (Å²) >= 11 is 0. The number of benzene rings is 1. The number of aromatic nitrogens is 5. The molecule has 0 amide bonds. The molecule has 0 bridgehead atoms. The van der Waals surface area contributed by atoms with E-state index >= 15 is 0 Å². The number of pyridine rings is 1. The maximum Gasteiger partial charge on any atom is 0.253 e. The lowest BCUT2D eigenvalue weighted by Crippen LogP contribution is -2.52. The molecule has 1 N–H and O–H groups in total. The van der Waals surface area contributed by atoms with Crippen molar-refractivity contribution in [2.45, 2.75) is 76.4 Å². The van der Waals surface area contributed by atoms with E-state index in [0.29, 0.717) is 12.1 Å². The van der Waals surface area contributed by atoms with Crippen LogP contribution >= 0.6 is 0 Å². The van der Waals surface area contributed by atoms with Gasteiger partial charge in [0.1, 0.15) is 6.04 Å². The van der Waals surface area contributed by atoms with Crippen LogP contribution in [0.5, 0.6) is 0 Å². The van der Waals surface area contributed by atoms with Crippen molar-refractivity contribution in [3.8, 4) is 0 Å². The van der Waals surface area contributed by atoms with E-state index in [1.165, 1.54) is 44.2 Å². The van der Waals surface area contributed by atoms with Crippen molar-refractivity contribution < 1.29 is 0 Å². The van der Waals surface area contributed by atoms with Crippen LogP contribution in [0.2, 0.25) is 0 Å². The van der Waals surface area contributed by atoms with E-state index in [1.54, 1.807) is 0 Å². The number of aromatic amines is 1. The van der Waals surface area contributed by atoms with Crippen LogP contribution in [-0.2, 0) is 6.42 Å². The van der Waals surface area contributed by atoms with Gasteiger partial charge in [-0.05, 0) is 78.2 Å². The fraction of sp³-hybridized carbons (Fsp3) is 0.615. The molecule has 4 heterocycles. The number of rotatable bonds is 5. The Morgan fingerprint density at radius 3 is 2.74 bits per heavy atom. The smallest absolute Gasteiger partial charge is 0.253 e. The summed E-state index contributed by atoms with van der Waals surface area (Å²) in [6, 6.07) is 9.06. The van der Waals surface area contributed by atoms with Gasteiger partial charge < -0.3 is 4.98 Å². The zero-order valence-corrected chi connectivity index (χ0v) is 20.1. The first-order valence-corrected chi connectivity index (χ1v) is 13.1. The lowest BCUT2D eigenvalue weighted by atomic mass is 9.94. The summed E-state index contributed by atoms with van der Waals surface area (Å²) in [7, 11) is 0. The lowest BCUT2D eigenvalue weighted by molar-refractivity contribution is 0.0778. The molecule has 6 rings (SSSR count). The Morgan fingerprint density at radius 2 is 1.88 bits per heavy atom. The van der Waals surface area contributed by atoms with Crippen molar-refractivity contribution in [2.75, 3.05) is 26.2 Å². The molecule has 3 fully saturated rings. The second-order valence-corrected chi connectivity index (χ2v) is 10.3. The number of nitrogens with zero attached hydrogens (tertiary/aromatic N) is 6. The molecule has 2 atom stereocenters. The van der Waals surface area contributed by atoms with Gasteiger partial charge >= 0.3 is 0 Å². The van der Waals surface area contributed by atoms with Crippen LogP contribution in [0, 0.1) is 0 Å². The highest BCUT2D eigenvalue weighted by Crippen LogP contribution is 2.35. The van der Waals surface area contributed by atoms with E-state index in [2.05, 4.69) is 60.1 Å². The first-order valence-electron chi connectivity index (χ1n) is 13.1. The number of tetrazole rings is 1. The minimum absolute atomic E-state index is 0.0335. The van der Waals surface area contributed by atoms with E-state index in [-0.39, 0.29) is 11.6 Å². The largest absolute Gasteiger partial charge is 0.322 e. The van der Waals surface area contributed by atoms with Gasteiger partial charge in [-0.2, -0.15) is 0 Å². The Morgan fingerprint density at radius 1 is 1.03 bits per heavy atom. The fourth-order valence-electron chi connectivity index (χ4n) is 6.41. The van der Waals surface area contributed by atoms with Crippen LogP contribution in [0.3, 0.4) is 0 Å². The molecule has 1 aliphatic carbocycles. The molecule has 0 radical (unpaired) electrons. The van der Waals surface area contributed by atoms with Crippen LogP contribution in [0.1, 0.15) is 80.9 Å². The number of fused-ring (bicyclic) bond motifs is 2. The summed E-state index contributed by atoms with van der Waals surface area (Å²) in [6.45, 7) is 6.27. The maximum atomic E-state index is 13.5. The van der Waals surface area contributed by atoms with Gasteiger partial charge in [-0.15, -0.1) is 5.10 Å². The van der Waals surface area contributed by atoms with Crippen molar-refractivity contribution in [3.05, 3.63) is 51.6 Å². The van der Waals surface area contributed by atoms with Crippen molar-refractivity contribution in [2.24, 2.45) is 0 Å². The molecule has 3 aromatic rings. The van der Waals surface area contributed by atoms with Gasteiger partial charge in [-0.1, -0.05) is 32.3 Å². The van der Waals surface area contributed by atoms with Crippen molar-refractivity contribution in [1.29, 1.82) is 0 Å². The number of piperazine rings is 1. The minimum atomic E-state index is -0.238. The van der Waals surface area contributed by atoms with Crippen molar-refractivity contribution in [1.82, 2.24) is 35.0 Å². The van der Waals surface area contributed by atoms with Gasteiger partial charge in [0.25, 0.3) is 5.56 Å². The Kier molecular flexibility index (Phi) is 5.95. The average molecular weight is 462 g/mol. The molecule has 1 aromatic carbocycles. The molecule has 2 aromatic heterocycles. The average Bonchev–Trinajstić information content (AvgIpc) is 3.54. The summed E-state index contributed by atoms with van der Waals surface area (Å²) in [6.07, 6.45) is 9.38. The van der Waals surface area contributed by atoms with E-state index < -0.39 is 0 Å². The highest BCUT2D eigenvalue weighted by atomic mass is 16.1. The molecule has 3 aliphatic rings. The molecule has 0 unspecified atom stereocenters. The molecule has 180 valence electrons. The maximum absolute atomic E-state index is 13.5. The second kappa shape index (κ2) is 9.23. The summed E-state index contributed by atoms with van der Waals surface area (Å²) in [5.41, 5.74) is 2.89. The molecule has 34 heavy (non-hydrogen) atoms. The van der Waals surface area contributed by atoms with E-state index in [1.807, 2.05) is 6.07 Å². The van der Waals surface area contributed by atoms with Gasteiger partial charge in [-0.3, -0.25) is 14.6 Å². The highest BCUT2D eigenvalue weighted by molar-refractivity contribution is 5.80. The van der Waals surface area contributed by atoms with Gasteiger partial charge in [0, 0.05) is 36.8 Å². The normalized spacial score (nSPS) is 23.4. The van der Waals surface area contributed by atoms with E-state index in [0.717, 1.165) is 61.2 Å². The number of hydrogen-bond donors (Lipinski definition) is 1. The topological polar surface area (TPSA) is 82.9 Å². The third-order valence-electron chi connectivity index (χ3n) is 8.31. The second-order valence-electron chi connectivity index (χ2n) is 10.3. The minimum Gasteiger partial charge on any atom is -0.322 e. The molecule has 8 heteroatoms. The number of aryl methyl sites for hydroxylation is 1. The van der Waals surface area contributed by atoms with Crippen LogP contribution in [-0.4, -0.2) is 67.2 Å². The van der Waals surface area contributed by atoms with E-state index in [4.69, 9.17) is 0 Å². The summed E-state index contributed by atoms with van der Waals surface area (Å²) in [5, 5.41) is 14.3. The molecule has 2 aliphatic heterocycles. The van der Waals surface area contributed by atoms with Gasteiger partial charge in [0.15, 0.2) is 5.82 Å². The summed E-state index contributed by atoms with van der Waals surface area (Å²) in [4.78, 5) is 21.8. The summed E-state index contributed by atoms with van der Waals surface area (Å²) in [5.74, 6) is 0.829. The standard InChI is InChI=1S/C26H35N7O/c1-2-18-10-11-23-19(15-18)16-22(26(34)27-23)24(32-14-13-31-12-6-9-21(31)17-32)25-28-29-30-33(25)20-7-4-3-5-8-20/h10-11,15-16,20-21,24H,2-9,12-14,17H2,1H3,(H,27,34)/t21-,24-/m0/s1. The Labute approximate surface area is 200 Å². The first kappa shape index (κ1) is 21.9. The van der Waals surface area contributed by atoms with Crippen LogP contribution in [0.25, 0.3) is 10.9 Å². The lowest BCUT2D eigenvalue weighted by Gasteiger charge is -2.41. The van der Waals surface area contributed by atoms with Crippen LogP contribution in [0.4, 0.5) is 0 Å². The number of hydrogen-bond acceptors (Lipinski definition) is 6. The molecule has 1 saturated carbocycles. The highest BCUT2D eigenvalue weighted by Gasteiger charge is 2.38. The van der Waals surface area contributed by atoms with Gasteiger partial charge in [0.2, 0.25) is 0 Å². The SMILES string of the molecule is CCc1ccc2[nH]c(=O)c([C@@H](c3nnnn3C3CCCCC3)N3CCN4CCC[C@H]4C3)cc2c1. The fourth-order valence-corrected chi connectivity index (χ4v) is 6.41. The third kappa shape index (κ3) is 3.96. The molecular weight excluding hydrogens is 426 g/mol. The predicted molar refractivity (Wildman–Crippen MR) is 132 cm³/mol. The zero-order valence-electron chi connectivity index (χ0n) is 20.1. The molecule has 2 saturated heterocycles. The number of H-pyrrole nitrogens is 1. The Hall–Kier alpha value is -2.58. The van der Waals surface area contributed by atoms with Gasteiger partial charge in [-0.25, -0.2) is 4.68 Å². The first-order chi connectivity index (χ1) is 16.7. The molecule has 8 nitrogen and oxygen atoms in total. The zero-order chi connectivity index (χ0) is 23.1. The predicted octanol–water partition coefficient (Wildman–Crippen LogP) is 3.45. The van der Waals surface area contributed by atoms with Crippen molar-refractivity contribution in [3.63, 3.8) is 0 Å². The monoisotopic (exact) mass is 461 g/mol.